The van der Waals surface area contributed by atoms with E-state index in [9.17, 15) is 0 Å². The van der Waals surface area contributed by atoms with Crippen molar-refractivity contribution in [2.24, 2.45) is 0 Å². The summed E-state index contributed by atoms with van der Waals surface area (Å²) >= 11 is 0. The molecule has 7 aliphatic rings. The van der Waals surface area contributed by atoms with Crippen LogP contribution in [0.25, 0.3) is 0 Å². The number of hydrogen-bond donors (Lipinski definition) is 0. The van der Waals surface area contributed by atoms with Crippen molar-refractivity contribution >= 4 is 97.3 Å². The van der Waals surface area contributed by atoms with Gasteiger partial charge < -0.3 is 65.8 Å². The summed E-state index contributed by atoms with van der Waals surface area (Å²) in [5, 5.41) is 0. The lowest BCUT2D eigenvalue weighted by molar-refractivity contribution is -0.0149. The van der Waals surface area contributed by atoms with E-state index in [1.807, 2.05) is 76.2 Å². The molecule has 4 atom stereocenters. The van der Waals surface area contributed by atoms with Crippen LogP contribution in [0.5, 0.6) is 0 Å². The third kappa shape index (κ3) is 6.95. The van der Waals surface area contributed by atoms with E-state index in [2.05, 4.69) is 0 Å². The van der Waals surface area contributed by atoms with Gasteiger partial charge in [0.1, 0.15) is 0 Å². The summed E-state index contributed by atoms with van der Waals surface area (Å²) in [5.74, 6) is 0. The maximum Gasteiger partial charge on any atom is 0.478 e. The summed E-state index contributed by atoms with van der Waals surface area (Å²) in [6.45, 7) is 22.0. The second-order valence-corrected chi connectivity index (χ2v) is 48.0. The smallest absolute Gasteiger partial charge is 0.393 e. The molecular formula is C22H55O16Si11. The maximum atomic E-state index is 7.43. The molecule has 7 saturated heterocycles. The first kappa shape index (κ1) is 40.4. The van der Waals surface area contributed by atoms with Gasteiger partial charge in [0, 0.05) is 60.4 Å². The van der Waals surface area contributed by atoms with Crippen LogP contribution in [0.1, 0.15) is 76.2 Å². The van der Waals surface area contributed by atoms with E-state index in [1.165, 1.54) is 0 Å². The molecule has 10 bridgehead atoms. The van der Waals surface area contributed by atoms with Crippen molar-refractivity contribution in [1.29, 1.82) is 0 Å². The molecule has 49 heavy (non-hydrogen) atoms. The largest absolute Gasteiger partial charge is 0.478 e. The predicted octanol–water partition coefficient (Wildman–Crippen LogP) is 5.43. The minimum absolute atomic E-state index is 0.351. The Morgan fingerprint density at radius 3 is 0.510 bits per heavy atom. The Bertz CT molecular complexity index is 1070. The molecule has 7 rings (SSSR count). The van der Waals surface area contributed by atoms with Gasteiger partial charge in [-0.1, -0.05) is 76.2 Å². The van der Waals surface area contributed by atoms with Gasteiger partial charge in [-0.25, -0.2) is 0 Å². The van der Waals surface area contributed by atoms with Crippen molar-refractivity contribution in [3.63, 3.8) is 0 Å². The zero-order valence-electron chi connectivity index (χ0n) is 30.8. The number of fused-ring (bicyclic) bond motifs is 2. The zero-order chi connectivity index (χ0) is 35.7. The average Bonchev–Trinajstić information content (AvgIpc) is 3.08. The van der Waals surface area contributed by atoms with Gasteiger partial charge in [0.25, 0.3) is 0 Å². The normalized spacial score (nSPS) is 51.5. The fraction of sp³-hybridized carbons (Fsp3) is 1.00. The molecule has 7 aliphatic heterocycles. The molecule has 4 unspecified atom stereocenters. The molecular weight excluding hydrogens is 829 g/mol. The Balaban J connectivity index is 1.82. The Morgan fingerprint density at radius 1 is 0.245 bits per heavy atom. The van der Waals surface area contributed by atoms with Gasteiger partial charge in [0.15, 0.2) is 0 Å². The first-order valence-corrected chi connectivity index (χ1v) is 39.0. The van der Waals surface area contributed by atoms with Gasteiger partial charge in [-0.3, -0.25) is 0 Å². The molecule has 283 valence electrons. The molecule has 0 N–H and O–H groups in total. The first-order valence-electron chi connectivity index (χ1n) is 18.2. The molecule has 7 fully saturated rings. The minimum atomic E-state index is -3.94. The Morgan fingerprint density at radius 2 is 0.388 bits per heavy atom. The van der Waals surface area contributed by atoms with Crippen LogP contribution in [0.15, 0.2) is 0 Å². The van der Waals surface area contributed by atoms with Gasteiger partial charge in [0.05, 0.1) is 0 Å². The summed E-state index contributed by atoms with van der Waals surface area (Å²) in [7, 11) is -41.1. The lowest BCUT2D eigenvalue weighted by Gasteiger charge is -2.61. The van der Waals surface area contributed by atoms with Crippen molar-refractivity contribution in [1.82, 2.24) is 0 Å². The maximum absolute atomic E-state index is 7.43. The predicted molar refractivity (Wildman–Crippen MR) is 196 cm³/mol. The molecule has 0 aromatic rings. The molecule has 1 radical (unpaired) electrons. The quantitative estimate of drug-likeness (QED) is 0.243. The number of hydrogen-bond acceptors (Lipinski definition) is 16. The van der Waals surface area contributed by atoms with E-state index >= 15 is 0 Å². The molecule has 16 nitrogen and oxygen atoms in total. The lowest BCUT2D eigenvalue weighted by Crippen LogP contribution is -2.86. The van der Waals surface area contributed by atoms with Gasteiger partial charge in [-0.15, -0.1) is 0 Å². The van der Waals surface area contributed by atoms with Gasteiger partial charge in [0.2, 0.25) is 0 Å². The summed E-state index contributed by atoms with van der Waals surface area (Å²) < 4.78 is 117. The summed E-state index contributed by atoms with van der Waals surface area (Å²) in [6, 6.07) is 4.19. The standard InChI is InChI=1S/C22H55O16Si11/c1-12-39-23-40(13-2)25-42(15-4)29-44(17-6)27-41(14-3,24-39)28-45(18-7)30-43(16-5,26-40)32-47(20-9)35-46(19-8,31-42)37-48(21-10,33-44)36-49(22-11,34-45)38-47/h12-22H2,1-11H3. The second kappa shape index (κ2) is 14.0. The van der Waals surface area contributed by atoms with Crippen molar-refractivity contribution in [3.05, 3.63) is 0 Å². The van der Waals surface area contributed by atoms with Crippen molar-refractivity contribution in [3.8, 4) is 0 Å². The molecule has 0 amide bonds. The Kier molecular flexibility index (Phi) is 11.6. The first-order chi connectivity index (χ1) is 23.1. The summed E-state index contributed by atoms with van der Waals surface area (Å²) in [6.07, 6.45) is 0. The van der Waals surface area contributed by atoms with E-state index in [0.29, 0.717) is 66.5 Å². The van der Waals surface area contributed by atoms with Crippen LogP contribution >= 0.6 is 0 Å². The monoisotopic (exact) mass is 883 g/mol. The minimum Gasteiger partial charge on any atom is -0.393 e. The molecule has 0 aliphatic carbocycles. The van der Waals surface area contributed by atoms with Crippen molar-refractivity contribution in [2.45, 2.75) is 143 Å². The van der Waals surface area contributed by atoms with Gasteiger partial charge >= 0.3 is 97.3 Å². The van der Waals surface area contributed by atoms with Crippen molar-refractivity contribution in [2.75, 3.05) is 0 Å². The molecule has 0 aromatic heterocycles. The van der Waals surface area contributed by atoms with E-state index < -0.39 is 97.3 Å². The molecule has 0 saturated carbocycles. The highest BCUT2D eigenvalue weighted by atomic mass is 28.6. The molecule has 27 heteroatoms. The van der Waals surface area contributed by atoms with Crippen LogP contribution in [0.2, 0.25) is 66.5 Å². The third-order valence-electron chi connectivity index (χ3n) is 9.51. The van der Waals surface area contributed by atoms with E-state index in [1.54, 1.807) is 0 Å². The third-order valence-corrected chi connectivity index (χ3v) is 57.9. The molecule has 7 heterocycles. The lowest BCUT2D eigenvalue weighted by atomic mass is 11.0. The highest BCUT2D eigenvalue weighted by Crippen LogP contribution is 2.52. The average molecular weight is 885 g/mol. The second-order valence-electron chi connectivity index (χ2n) is 12.7. The van der Waals surface area contributed by atoms with E-state index in [4.69, 9.17) is 65.8 Å². The van der Waals surface area contributed by atoms with E-state index in [-0.39, 0.29) is 0 Å². The van der Waals surface area contributed by atoms with Crippen LogP contribution in [0.4, 0.5) is 0 Å². The van der Waals surface area contributed by atoms with Gasteiger partial charge in [-0.05, 0) is 6.04 Å². The zero-order valence-corrected chi connectivity index (χ0v) is 41.8. The fourth-order valence-electron chi connectivity index (χ4n) is 6.62. The van der Waals surface area contributed by atoms with Crippen LogP contribution in [0, 0.1) is 0 Å². The molecule has 0 aromatic carbocycles. The van der Waals surface area contributed by atoms with Crippen LogP contribution in [-0.4, -0.2) is 97.3 Å². The Hall–Kier alpha value is 1.75. The highest BCUT2D eigenvalue weighted by Gasteiger charge is 2.81. The fourth-order valence-corrected chi connectivity index (χ4v) is 71.2. The highest BCUT2D eigenvalue weighted by molar-refractivity contribution is 7.02. The number of rotatable bonds is 11. The van der Waals surface area contributed by atoms with Gasteiger partial charge in [-0.2, -0.15) is 0 Å². The van der Waals surface area contributed by atoms with Crippen LogP contribution < -0.4 is 0 Å². The van der Waals surface area contributed by atoms with E-state index in [0.717, 1.165) is 0 Å². The van der Waals surface area contributed by atoms with Crippen LogP contribution in [-0.2, 0) is 65.8 Å². The van der Waals surface area contributed by atoms with Crippen molar-refractivity contribution < 1.29 is 65.8 Å². The Labute approximate surface area is 304 Å². The molecule has 0 spiro atoms. The SMILES string of the molecule is CC[Si]1O[Si]2(CC)O[Si]3(CC)O[Si]4(CC)O[Si](CC)(O1)O[Si]1(CC)O[Si](CC)(O2)O[Si]2(CC)O[Si](CC)(O1)O[Si](CC)(O4)O[Si](CC)(O3)O2. The summed E-state index contributed by atoms with van der Waals surface area (Å²) in [5.41, 5.74) is 0. The summed E-state index contributed by atoms with van der Waals surface area (Å²) in [4.78, 5) is 0. The topological polar surface area (TPSA) is 148 Å². The van der Waals surface area contributed by atoms with Crippen LogP contribution in [0.3, 0.4) is 0 Å².